The van der Waals surface area contributed by atoms with Crippen molar-refractivity contribution in [2.45, 2.75) is 20.1 Å². The fraction of sp³-hybridized carbons (Fsp3) is 0.280. The number of nitrogens with zero attached hydrogens (tertiary/aromatic N) is 1. The summed E-state index contributed by atoms with van der Waals surface area (Å²) in [6.45, 7) is 6.61. The van der Waals surface area contributed by atoms with Gasteiger partial charge >= 0.3 is 0 Å². The van der Waals surface area contributed by atoms with Crippen molar-refractivity contribution < 1.29 is 9.47 Å². The van der Waals surface area contributed by atoms with Gasteiger partial charge in [0.1, 0.15) is 12.4 Å². The summed E-state index contributed by atoms with van der Waals surface area (Å²) in [5, 5.41) is 4.22. The highest BCUT2D eigenvalue weighted by Gasteiger charge is 2.14. The molecule has 1 saturated heterocycles. The topological polar surface area (TPSA) is 33.7 Å². The van der Waals surface area contributed by atoms with Crippen molar-refractivity contribution in [1.29, 1.82) is 0 Å². The molecule has 0 atom stereocenters. The minimum Gasteiger partial charge on any atom is -0.489 e. The first-order valence-corrected chi connectivity index (χ1v) is 10.7. The van der Waals surface area contributed by atoms with E-state index in [2.05, 4.69) is 65.7 Å². The highest BCUT2D eigenvalue weighted by Crippen LogP contribution is 2.29. The summed E-state index contributed by atoms with van der Waals surface area (Å²) < 4.78 is 11.4. The maximum absolute atomic E-state index is 6.54. The summed E-state index contributed by atoms with van der Waals surface area (Å²) in [5.41, 5.74) is 5.64. The minimum absolute atomic E-state index is 0.567. The number of halogens is 1. The maximum Gasteiger partial charge on any atom is 0.120 e. The largest absolute Gasteiger partial charge is 0.489 e. The predicted molar refractivity (Wildman–Crippen MR) is 124 cm³/mol. The molecule has 0 saturated carbocycles. The highest BCUT2D eigenvalue weighted by atomic mass is 35.5. The molecule has 0 aromatic heterocycles. The lowest BCUT2D eigenvalue weighted by atomic mass is 10.1. The summed E-state index contributed by atoms with van der Waals surface area (Å²) in [4.78, 5) is 2.27. The van der Waals surface area contributed by atoms with Crippen LogP contribution >= 0.6 is 11.6 Å². The van der Waals surface area contributed by atoms with Crippen LogP contribution in [-0.4, -0.2) is 26.3 Å². The molecule has 0 bridgehead atoms. The van der Waals surface area contributed by atoms with Crippen molar-refractivity contribution in [1.82, 2.24) is 0 Å². The zero-order valence-corrected chi connectivity index (χ0v) is 18.0. The summed E-state index contributed by atoms with van der Waals surface area (Å²) >= 11 is 6.54. The van der Waals surface area contributed by atoms with Crippen LogP contribution in [0, 0.1) is 6.92 Å². The fourth-order valence-corrected chi connectivity index (χ4v) is 3.90. The van der Waals surface area contributed by atoms with E-state index < -0.39 is 0 Å². The standard InChI is InChI=1S/C25H27ClN2O2/c1-19-4-2-6-21(14-19)18-30-23-7-3-5-20(15-23)17-27-22-8-9-25(24(26)16-22)28-10-12-29-13-11-28/h2-9,14-16,27H,10-13,17-18H2,1H3. The van der Waals surface area contributed by atoms with E-state index in [1.165, 1.54) is 11.1 Å². The van der Waals surface area contributed by atoms with Gasteiger partial charge in [0.05, 0.1) is 23.9 Å². The second-order valence-corrected chi connectivity index (χ2v) is 7.95. The Labute approximate surface area is 183 Å². The summed E-state index contributed by atoms with van der Waals surface area (Å²) in [6, 6.07) is 22.7. The number of morpholine rings is 1. The Bertz CT molecular complexity index is 986. The average Bonchev–Trinajstić information content (AvgIpc) is 2.77. The summed E-state index contributed by atoms with van der Waals surface area (Å²) in [7, 11) is 0. The van der Waals surface area contributed by atoms with Crippen LogP contribution < -0.4 is 15.0 Å². The van der Waals surface area contributed by atoms with Gasteiger partial charge in [-0.15, -0.1) is 0 Å². The molecule has 1 N–H and O–H groups in total. The van der Waals surface area contributed by atoms with E-state index in [1.807, 2.05) is 18.2 Å². The quantitative estimate of drug-likeness (QED) is 0.531. The number of ether oxygens (including phenoxy) is 2. The van der Waals surface area contributed by atoms with Crippen LogP contribution in [0.4, 0.5) is 11.4 Å². The van der Waals surface area contributed by atoms with E-state index in [9.17, 15) is 0 Å². The number of hydrogen-bond donors (Lipinski definition) is 1. The molecule has 3 aromatic carbocycles. The summed E-state index contributed by atoms with van der Waals surface area (Å²) in [5.74, 6) is 0.872. The minimum atomic E-state index is 0.567. The first kappa shape index (κ1) is 20.6. The van der Waals surface area contributed by atoms with Gasteiger partial charge in [-0.2, -0.15) is 0 Å². The number of nitrogens with one attached hydrogen (secondary N) is 1. The van der Waals surface area contributed by atoms with E-state index in [0.29, 0.717) is 13.2 Å². The van der Waals surface area contributed by atoms with Crippen LogP contribution in [0.3, 0.4) is 0 Å². The van der Waals surface area contributed by atoms with Crippen LogP contribution in [-0.2, 0) is 17.9 Å². The Morgan fingerprint density at radius 3 is 2.57 bits per heavy atom. The first-order chi connectivity index (χ1) is 14.7. The van der Waals surface area contributed by atoms with Crippen molar-refractivity contribution in [2.75, 3.05) is 36.5 Å². The van der Waals surface area contributed by atoms with E-state index >= 15 is 0 Å². The van der Waals surface area contributed by atoms with Gasteiger partial charge in [0, 0.05) is 25.3 Å². The lowest BCUT2D eigenvalue weighted by Crippen LogP contribution is -2.36. The van der Waals surface area contributed by atoms with Gasteiger partial charge in [0.25, 0.3) is 0 Å². The second kappa shape index (κ2) is 9.88. The first-order valence-electron chi connectivity index (χ1n) is 10.3. The molecule has 0 aliphatic carbocycles. The van der Waals surface area contributed by atoms with Gasteiger partial charge in [-0.25, -0.2) is 0 Å². The Kier molecular flexibility index (Phi) is 6.77. The van der Waals surface area contributed by atoms with Crippen molar-refractivity contribution in [3.63, 3.8) is 0 Å². The fourth-order valence-electron chi connectivity index (χ4n) is 3.60. The smallest absolute Gasteiger partial charge is 0.120 e. The molecule has 0 unspecified atom stereocenters. The van der Waals surface area contributed by atoms with Crippen LogP contribution in [0.15, 0.2) is 66.7 Å². The second-order valence-electron chi connectivity index (χ2n) is 7.54. The van der Waals surface area contributed by atoms with Crippen LogP contribution in [0.5, 0.6) is 5.75 Å². The molecule has 0 amide bonds. The Hall–Kier alpha value is -2.69. The van der Waals surface area contributed by atoms with Crippen molar-refractivity contribution in [3.05, 3.63) is 88.4 Å². The monoisotopic (exact) mass is 422 g/mol. The normalized spacial score (nSPS) is 13.9. The third kappa shape index (κ3) is 5.47. The van der Waals surface area contributed by atoms with Gasteiger partial charge in [-0.1, -0.05) is 53.6 Å². The molecule has 1 aliphatic heterocycles. The predicted octanol–water partition coefficient (Wildman–Crippen LogP) is 5.68. The van der Waals surface area contributed by atoms with E-state index in [1.54, 1.807) is 0 Å². The molecule has 5 heteroatoms. The third-order valence-corrected chi connectivity index (χ3v) is 5.49. The number of rotatable bonds is 7. The van der Waals surface area contributed by atoms with Gasteiger partial charge in [0.15, 0.2) is 0 Å². The highest BCUT2D eigenvalue weighted by molar-refractivity contribution is 6.33. The zero-order valence-electron chi connectivity index (χ0n) is 17.2. The van der Waals surface area contributed by atoms with Crippen molar-refractivity contribution in [3.8, 4) is 5.75 Å². The summed E-state index contributed by atoms with van der Waals surface area (Å²) in [6.07, 6.45) is 0. The lowest BCUT2D eigenvalue weighted by Gasteiger charge is -2.29. The van der Waals surface area contributed by atoms with E-state index in [0.717, 1.165) is 54.0 Å². The van der Waals surface area contributed by atoms with E-state index in [4.69, 9.17) is 21.1 Å². The molecule has 156 valence electrons. The molecule has 1 aliphatic rings. The number of benzene rings is 3. The molecule has 1 heterocycles. The molecule has 4 nitrogen and oxygen atoms in total. The van der Waals surface area contributed by atoms with Gasteiger partial charge in [-0.05, 0) is 48.4 Å². The molecule has 0 spiro atoms. The molecule has 0 radical (unpaired) electrons. The Morgan fingerprint density at radius 1 is 0.967 bits per heavy atom. The molecular weight excluding hydrogens is 396 g/mol. The van der Waals surface area contributed by atoms with E-state index in [-0.39, 0.29) is 0 Å². The SMILES string of the molecule is Cc1cccc(COc2cccc(CNc3ccc(N4CCOCC4)c(Cl)c3)c2)c1. The Morgan fingerprint density at radius 2 is 1.77 bits per heavy atom. The molecule has 30 heavy (non-hydrogen) atoms. The van der Waals surface area contributed by atoms with Crippen LogP contribution in [0.2, 0.25) is 5.02 Å². The van der Waals surface area contributed by atoms with Gasteiger partial charge < -0.3 is 19.7 Å². The maximum atomic E-state index is 6.54. The third-order valence-electron chi connectivity index (χ3n) is 5.18. The number of aryl methyl sites for hydroxylation is 1. The molecular formula is C25H27ClN2O2. The number of hydrogen-bond acceptors (Lipinski definition) is 4. The van der Waals surface area contributed by atoms with Crippen molar-refractivity contribution in [2.24, 2.45) is 0 Å². The molecule has 1 fully saturated rings. The zero-order chi connectivity index (χ0) is 20.8. The Balaban J connectivity index is 1.34. The average molecular weight is 423 g/mol. The van der Waals surface area contributed by atoms with Crippen LogP contribution in [0.25, 0.3) is 0 Å². The molecule has 3 aromatic rings. The number of anilines is 2. The van der Waals surface area contributed by atoms with Crippen molar-refractivity contribution >= 4 is 23.0 Å². The molecule has 4 rings (SSSR count). The van der Waals surface area contributed by atoms with Crippen LogP contribution in [0.1, 0.15) is 16.7 Å². The van der Waals surface area contributed by atoms with Gasteiger partial charge in [-0.3, -0.25) is 0 Å². The van der Waals surface area contributed by atoms with Gasteiger partial charge in [0.2, 0.25) is 0 Å². The lowest BCUT2D eigenvalue weighted by molar-refractivity contribution is 0.122.